The van der Waals surface area contributed by atoms with E-state index in [4.69, 9.17) is 25.5 Å². The molecular weight excluding hydrogens is 478 g/mol. The Kier molecular flexibility index (Phi) is 6.70. The fraction of sp³-hybridized carbons (Fsp3) is 0.241. The van der Waals surface area contributed by atoms with Crippen LogP contribution in [0.4, 0.5) is 0 Å². The first-order valence-electron chi connectivity index (χ1n) is 11.9. The van der Waals surface area contributed by atoms with Gasteiger partial charge in [-0.1, -0.05) is 55.3 Å². The summed E-state index contributed by atoms with van der Waals surface area (Å²) in [4.78, 5) is 29.0. The van der Waals surface area contributed by atoms with Crippen LogP contribution >= 0.6 is 11.6 Å². The van der Waals surface area contributed by atoms with Gasteiger partial charge in [0.15, 0.2) is 16.9 Å². The SMILES string of the molecule is CCCCOc1ccc(C2c3c(oc4ccccc4c3=O)C(=O)N2Cc2ccc(Cl)cc2)cc1OC. The maximum absolute atomic E-state index is 13.7. The number of para-hydroxylation sites is 1. The molecule has 1 unspecified atom stereocenters. The van der Waals surface area contributed by atoms with Gasteiger partial charge in [-0.15, -0.1) is 0 Å². The standard InChI is InChI=1S/C29H26ClNO5/c1-3-4-15-35-23-14-11-19(16-24(23)34-2)26-25-27(32)21-7-5-6-8-22(21)36-28(25)29(33)31(26)17-18-9-12-20(30)13-10-18/h5-14,16,26H,3-4,15,17H2,1-2H3. The Morgan fingerprint density at radius 3 is 2.53 bits per heavy atom. The van der Waals surface area contributed by atoms with Crippen LogP contribution < -0.4 is 14.9 Å². The van der Waals surface area contributed by atoms with E-state index in [2.05, 4.69) is 6.92 Å². The molecule has 0 saturated heterocycles. The van der Waals surface area contributed by atoms with Crippen molar-refractivity contribution in [1.29, 1.82) is 0 Å². The molecule has 0 N–H and O–H groups in total. The minimum Gasteiger partial charge on any atom is -0.493 e. The first-order chi connectivity index (χ1) is 17.5. The Bertz CT molecular complexity index is 1480. The van der Waals surface area contributed by atoms with Gasteiger partial charge in [0.25, 0.3) is 5.91 Å². The van der Waals surface area contributed by atoms with Crippen molar-refractivity contribution in [1.82, 2.24) is 4.90 Å². The molecule has 1 aromatic heterocycles. The summed E-state index contributed by atoms with van der Waals surface area (Å²) in [5, 5.41) is 1.05. The second kappa shape index (κ2) is 10.1. The minimum atomic E-state index is -0.650. The number of nitrogens with zero attached hydrogens (tertiary/aromatic N) is 1. The maximum atomic E-state index is 13.7. The zero-order chi connectivity index (χ0) is 25.2. The van der Waals surface area contributed by atoms with Crippen LogP contribution in [-0.2, 0) is 6.54 Å². The monoisotopic (exact) mass is 503 g/mol. The quantitative estimate of drug-likeness (QED) is 0.261. The highest BCUT2D eigenvalue weighted by Gasteiger charge is 2.43. The van der Waals surface area contributed by atoms with Crippen molar-refractivity contribution < 1.29 is 18.7 Å². The van der Waals surface area contributed by atoms with E-state index in [0.29, 0.717) is 39.7 Å². The van der Waals surface area contributed by atoms with E-state index in [-0.39, 0.29) is 23.6 Å². The molecule has 0 aliphatic carbocycles. The van der Waals surface area contributed by atoms with E-state index < -0.39 is 6.04 Å². The van der Waals surface area contributed by atoms with Gasteiger partial charge in [-0.05, 0) is 53.9 Å². The third kappa shape index (κ3) is 4.33. The molecule has 6 nitrogen and oxygen atoms in total. The second-order valence-corrected chi connectivity index (χ2v) is 9.18. The number of carbonyl (C=O) groups is 1. The van der Waals surface area contributed by atoms with Gasteiger partial charge in [0.2, 0.25) is 5.76 Å². The summed E-state index contributed by atoms with van der Waals surface area (Å²) in [6, 6.07) is 19.2. The molecule has 2 heterocycles. The Balaban J connectivity index is 1.64. The molecule has 0 fully saturated rings. The number of amides is 1. The highest BCUT2D eigenvalue weighted by Crippen LogP contribution is 2.41. The third-order valence-corrected chi connectivity index (χ3v) is 6.65. The maximum Gasteiger partial charge on any atom is 0.291 e. The fourth-order valence-electron chi connectivity index (χ4n) is 4.56. The lowest BCUT2D eigenvalue weighted by atomic mass is 9.97. The molecule has 36 heavy (non-hydrogen) atoms. The van der Waals surface area contributed by atoms with Gasteiger partial charge in [0.1, 0.15) is 5.58 Å². The summed E-state index contributed by atoms with van der Waals surface area (Å²) in [5.41, 5.74) is 2.12. The molecule has 1 amide bonds. The first-order valence-corrected chi connectivity index (χ1v) is 12.3. The fourth-order valence-corrected chi connectivity index (χ4v) is 4.69. The largest absolute Gasteiger partial charge is 0.493 e. The van der Waals surface area contributed by atoms with Gasteiger partial charge < -0.3 is 18.8 Å². The molecule has 0 radical (unpaired) electrons. The molecule has 1 aliphatic rings. The highest BCUT2D eigenvalue weighted by atomic mass is 35.5. The Hall–Kier alpha value is -3.77. The number of benzene rings is 3. The number of halogens is 1. The molecule has 0 saturated carbocycles. The smallest absolute Gasteiger partial charge is 0.291 e. The van der Waals surface area contributed by atoms with Gasteiger partial charge in [0, 0.05) is 11.6 Å². The summed E-state index contributed by atoms with van der Waals surface area (Å²) in [6.45, 7) is 2.95. The molecule has 1 aliphatic heterocycles. The molecule has 184 valence electrons. The van der Waals surface area contributed by atoms with Crippen LogP contribution in [0.1, 0.15) is 53.1 Å². The molecule has 1 atom stereocenters. The van der Waals surface area contributed by atoms with Crippen LogP contribution in [0.5, 0.6) is 11.5 Å². The highest BCUT2D eigenvalue weighted by molar-refractivity contribution is 6.30. The second-order valence-electron chi connectivity index (χ2n) is 8.74. The number of hydrogen-bond donors (Lipinski definition) is 0. The molecule has 0 spiro atoms. The van der Waals surface area contributed by atoms with E-state index in [0.717, 1.165) is 24.0 Å². The Morgan fingerprint density at radius 2 is 1.78 bits per heavy atom. The van der Waals surface area contributed by atoms with Crippen molar-refractivity contribution in [2.24, 2.45) is 0 Å². The van der Waals surface area contributed by atoms with Crippen LogP contribution in [0.25, 0.3) is 11.0 Å². The van der Waals surface area contributed by atoms with Crippen LogP contribution in [0.3, 0.4) is 0 Å². The van der Waals surface area contributed by atoms with Crippen molar-refractivity contribution in [2.45, 2.75) is 32.4 Å². The predicted octanol–water partition coefficient (Wildman–Crippen LogP) is 6.38. The zero-order valence-corrected chi connectivity index (χ0v) is 20.9. The Labute approximate surface area is 214 Å². The molecule has 5 rings (SSSR count). The summed E-state index contributed by atoms with van der Waals surface area (Å²) >= 11 is 6.07. The molecular formula is C29H26ClNO5. The van der Waals surface area contributed by atoms with E-state index in [1.54, 1.807) is 48.4 Å². The molecule has 4 aromatic rings. The minimum absolute atomic E-state index is 0.0694. The lowest BCUT2D eigenvalue weighted by Crippen LogP contribution is -2.29. The number of ether oxygens (including phenoxy) is 2. The number of unbranched alkanes of at least 4 members (excludes halogenated alkanes) is 1. The number of rotatable bonds is 8. The van der Waals surface area contributed by atoms with Crippen LogP contribution in [0, 0.1) is 0 Å². The van der Waals surface area contributed by atoms with E-state index >= 15 is 0 Å². The van der Waals surface area contributed by atoms with E-state index in [9.17, 15) is 9.59 Å². The lowest BCUT2D eigenvalue weighted by Gasteiger charge is -2.26. The van der Waals surface area contributed by atoms with Gasteiger partial charge >= 0.3 is 0 Å². The van der Waals surface area contributed by atoms with Gasteiger partial charge in [-0.3, -0.25) is 9.59 Å². The van der Waals surface area contributed by atoms with Crippen molar-refractivity contribution in [3.63, 3.8) is 0 Å². The summed E-state index contributed by atoms with van der Waals surface area (Å²) in [6.07, 6.45) is 1.95. The number of methoxy groups -OCH3 is 1. The van der Waals surface area contributed by atoms with Crippen molar-refractivity contribution in [2.75, 3.05) is 13.7 Å². The topological polar surface area (TPSA) is 69.0 Å². The van der Waals surface area contributed by atoms with Gasteiger partial charge in [-0.25, -0.2) is 0 Å². The van der Waals surface area contributed by atoms with Gasteiger partial charge in [-0.2, -0.15) is 0 Å². The lowest BCUT2D eigenvalue weighted by molar-refractivity contribution is 0.0714. The summed E-state index contributed by atoms with van der Waals surface area (Å²) in [7, 11) is 1.58. The molecule has 0 bridgehead atoms. The van der Waals surface area contributed by atoms with Crippen LogP contribution in [0.2, 0.25) is 5.02 Å². The average Bonchev–Trinajstić information content (AvgIpc) is 3.17. The average molecular weight is 504 g/mol. The van der Waals surface area contributed by atoms with Crippen LogP contribution in [0.15, 0.2) is 75.9 Å². The van der Waals surface area contributed by atoms with E-state index in [1.165, 1.54) is 0 Å². The Morgan fingerprint density at radius 1 is 1.00 bits per heavy atom. The number of carbonyl (C=O) groups excluding carboxylic acids is 1. The predicted molar refractivity (Wildman–Crippen MR) is 139 cm³/mol. The summed E-state index contributed by atoms with van der Waals surface area (Å²) < 4.78 is 17.5. The molecule has 7 heteroatoms. The van der Waals surface area contributed by atoms with E-state index in [1.807, 2.05) is 30.3 Å². The number of hydrogen-bond acceptors (Lipinski definition) is 5. The van der Waals surface area contributed by atoms with Crippen molar-refractivity contribution in [3.05, 3.63) is 104 Å². The first kappa shape index (κ1) is 23.9. The van der Waals surface area contributed by atoms with Crippen molar-refractivity contribution in [3.8, 4) is 11.5 Å². The van der Waals surface area contributed by atoms with Gasteiger partial charge in [0.05, 0.1) is 30.7 Å². The van der Waals surface area contributed by atoms with Crippen LogP contribution in [-0.4, -0.2) is 24.5 Å². The zero-order valence-electron chi connectivity index (χ0n) is 20.1. The molecule has 3 aromatic carbocycles. The number of fused-ring (bicyclic) bond motifs is 2. The normalized spacial score (nSPS) is 14.8. The summed E-state index contributed by atoms with van der Waals surface area (Å²) in [5.74, 6) is 0.894. The third-order valence-electron chi connectivity index (χ3n) is 6.40. The van der Waals surface area contributed by atoms with Crippen molar-refractivity contribution >= 4 is 28.5 Å².